The number of hydrogen-bond acceptors (Lipinski definition) is 4. The van der Waals surface area contributed by atoms with Crippen LogP contribution in [0.2, 0.25) is 0 Å². The molecule has 0 saturated carbocycles. The molecule has 4 N–H and O–H groups in total. The lowest BCUT2D eigenvalue weighted by Gasteiger charge is -2.06. The number of nitrogens with zero attached hydrogens (tertiary/aromatic N) is 1. The van der Waals surface area contributed by atoms with Gasteiger partial charge in [-0.1, -0.05) is 6.92 Å². The smallest absolute Gasteiger partial charge is 0.219 e. The van der Waals surface area contributed by atoms with Crippen LogP contribution < -0.4 is 16.4 Å². The van der Waals surface area contributed by atoms with E-state index in [1.54, 1.807) is 12.3 Å². The first kappa shape index (κ1) is 11.3. The highest BCUT2D eigenvalue weighted by molar-refractivity contribution is 5.75. The van der Waals surface area contributed by atoms with Gasteiger partial charge in [-0.05, 0) is 12.1 Å². The van der Waals surface area contributed by atoms with Gasteiger partial charge in [0.2, 0.25) is 5.91 Å². The molecule has 0 aliphatic carbocycles. The number of hydrogen-bond donors (Lipinski definition) is 3. The molecule has 1 aromatic heterocycles. The van der Waals surface area contributed by atoms with Crippen molar-refractivity contribution in [3.05, 3.63) is 18.3 Å². The van der Waals surface area contributed by atoms with Gasteiger partial charge in [-0.25, -0.2) is 4.98 Å². The Balaban J connectivity index is 2.20. The van der Waals surface area contributed by atoms with Crippen molar-refractivity contribution in [2.75, 3.05) is 24.1 Å². The highest BCUT2D eigenvalue weighted by atomic mass is 16.1. The molecule has 0 spiro atoms. The molecule has 15 heavy (non-hydrogen) atoms. The van der Waals surface area contributed by atoms with Crippen LogP contribution in [0.5, 0.6) is 0 Å². The minimum Gasteiger partial charge on any atom is -0.384 e. The van der Waals surface area contributed by atoms with Crippen LogP contribution in [0.3, 0.4) is 0 Å². The van der Waals surface area contributed by atoms with Crippen molar-refractivity contribution >= 4 is 17.4 Å². The first-order valence-corrected chi connectivity index (χ1v) is 4.94. The lowest BCUT2D eigenvalue weighted by Crippen LogP contribution is -2.27. The number of amides is 1. The maximum atomic E-state index is 10.9. The summed E-state index contributed by atoms with van der Waals surface area (Å²) in [6.07, 6.45) is 2.18. The number of anilines is 2. The van der Waals surface area contributed by atoms with Crippen LogP contribution in [-0.4, -0.2) is 24.0 Å². The van der Waals surface area contributed by atoms with Gasteiger partial charge in [0.25, 0.3) is 0 Å². The molecule has 1 rings (SSSR count). The third-order valence-corrected chi connectivity index (χ3v) is 1.88. The molecule has 0 fully saturated rings. The molecule has 1 aromatic rings. The molecule has 0 aliphatic rings. The molecule has 0 unspecified atom stereocenters. The number of nitrogens with two attached hydrogens (primary N) is 1. The SMILES string of the molecule is CCC(=O)NCCNc1ccc(N)nc1. The Morgan fingerprint density at radius 2 is 2.27 bits per heavy atom. The molecule has 5 nitrogen and oxygen atoms in total. The normalized spacial score (nSPS) is 9.67. The van der Waals surface area contributed by atoms with E-state index < -0.39 is 0 Å². The minimum atomic E-state index is 0.0623. The maximum absolute atomic E-state index is 10.9. The van der Waals surface area contributed by atoms with Gasteiger partial charge in [0.05, 0.1) is 11.9 Å². The van der Waals surface area contributed by atoms with Crippen molar-refractivity contribution in [1.29, 1.82) is 0 Å². The fourth-order valence-electron chi connectivity index (χ4n) is 1.04. The standard InChI is InChI=1S/C10H16N4O/c1-2-10(15)13-6-5-12-8-3-4-9(11)14-7-8/h3-4,7,12H,2,5-6H2,1H3,(H2,11,14)(H,13,15). The molecule has 1 amide bonds. The third-order valence-electron chi connectivity index (χ3n) is 1.88. The van der Waals surface area contributed by atoms with E-state index in [4.69, 9.17) is 5.73 Å². The molecule has 0 saturated heterocycles. The number of nitrogens with one attached hydrogen (secondary N) is 2. The van der Waals surface area contributed by atoms with Gasteiger partial charge in [-0.3, -0.25) is 4.79 Å². The average Bonchev–Trinajstić information content (AvgIpc) is 2.26. The van der Waals surface area contributed by atoms with Gasteiger partial charge in [0.1, 0.15) is 5.82 Å². The summed E-state index contributed by atoms with van der Waals surface area (Å²) in [6.45, 7) is 3.11. The van der Waals surface area contributed by atoms with E-state index in [9.17, 15) is 4.79 Å². The quantitative estimate of drug-likeness (QED) is 0.619. The Morgan fingerprint density at radius 3 is 2.87 bits per heavy atom. The Bertz CT molecular complexity index is 310. The highest BCUT2D eigenvalue weighted by Crippen LogP contribution is 2.05. The zero-order valence-electron chi connectivity index (χ0n) is 8.79. The molecule has 82 valence electrons. The van der Waals surface area contributed by atoms with E-state index in [0.717, 1.165) is 5.69 Å². The second-order valence-corrected chi connectivity index (χ2v) is 3.10. The topological polar surface area (TPSA) is 80.0 Å². The summed E-state index contributed by atoms with van der Waals surface area (Å²) in [7, 11) is 0. The lowest BCUT2D eigenvalue weighted by molar-refractivity contribution is -0.120. The minimum absolute atomic E-state index is 0.0623. The fourth-order valence-corrected chi connectivity index (χ4v) is 1.04. The van der Waals surface area contributed by atoms with Crippen molar-refractivity contribution in [2.24, 2.45) is 0 Å². The predicted octanol–water partition coefficient (Wildman–Crippen LogP) is 0.602. The molecule has 0 aliphatic heterocycles. The predicted molar refractivity (Wildman–Crippen MR) is 60.4 cm³/mol. The Labute approximate surface area is 89.1 Å². The van der Waals surface area contributed by atoms with E-state index in [0.29, 0.717) is 25.3 Å². The summed E-state index contributed by atoms with van der Waals surface area (Å²) in [6, 6.07) is 3.58. The average molecular weight is 208 g/mol. The molecule has 1 heterocycles. The van der Waals surface area contributed by atoms with Crippen molar-refractivity contribution in [2.45, 2.75) is 13.3 Å². The Hall–Kier alpha value is -1.78. The number of aromatic nitrogens is 1. The summed E-state index contributed by atoms with van der Waals surface area (Å²) in [5.41, 5.74) is 6.34. The second-order valence-electron chi connectivity index (χ2n) is 3.10. The van der Waals surface area contributed by atoms with Crippen LogP contribution in [0.15, 0.2) is 18.3 Å². The molecule has 0 aromatic carbocycles. The largest absolute Gasteiger partial charge is 0.384 e. The molecule has 5 heteroatoms. The number of carbonyl (C=O) groups is 1. The van der Waals surface area contributed by atoms with Crippen molar-refractivity contribution in [3.63, 3.8) is 0 Å². The number of rotatable bonds is 5. The van der Waals surface area contributed by atoms with Crippen LogP contribution in [-0.2, 0) is 4.79 Å². The van der Waals surface area contributed by atoms with Crippen LogP contribution in [0.25, 0.3) is 0 Å². The van der Waals surface area contributed by atoms with E-state index in [1.165, 1.54) is 0 Å². The van der Waals surface area contributed by atoms with E-state index in [-0.39, 0.29) is 5.91 Å². The molecule has 0 atom stereocenters. The fraction of sp³-hybridized carbons (Fsp3) is 0.400. The summed E-state index contributed by atoms with van der Waals surface area (Å²) in [5.74, 6) is 0.562. The van der Waals surface area contributed by atoms with Gasteiger partial charge < -0.3 is 16.4 Å². The van der Waals surface area contributed by atoms with E-state index in [1.807, 2.05) is 13.0 Å². The zero-order valence-corrected chi connectivity index (χ0v) is 8.79. The van der Waals surface area contributed by atoms with Crippen molar-refractivity contribution in [1.82, 2.24) is 10.3 Å². The summed E-state index contributed by atoms with van der Waals surface area (Å²) in [5, 5.41) is 5.89. The van der Waals surface area contributed by atoms with Crippen LogP contribution >= 0.6 is 0 Å². The molecular formula is C10H16N4O. The number of nitrogen functional groups attached to an aromatic ring is 1. The van der Waals surface area contributed by atoms with Gasteiger partial charge in [0, 0.05) is 19.5 Å². The first-order chi connectivity index (χ1) is 7.22. The van der Waals surface area contributed by atoms with Crippen LogP contribution in [0, 0.1) is 0 Å². The lowest BCUT2D eigenvalue weighted by atomic mass is 10.4. The first-order valence-electron chi connectivity index (χ1n) is 4.94. The van der Waals surface area contributed by atoms with E-state index in [2.05, 4.69) is 15.6 Å². The van der Waals surface area contributed by atoms with E-state index >= 15 is 0 Å². The monoisotopic (exact) mass is 208 g/mol. The van der Waals surface area contributed by atoms with Gasteiger partial charge >= 0.3 is 0 Å². The zero-order chi connectivity index (χ0) is 11.1. The maximum Gasteiger partial charge on any atom is 0.219 e. The van der Waals surface area contributed by atoms with Gasteiger partial charge in [-0.15, -0.1) is 0 Å². The Kier molecular flexibility index (Phi) is 4.40. The molecular weight excluding hydrogens is 192 g/mol. The summed E-state index contributed by atoms with van der Waals surface area (Å²) < 4.78 is 0. The molecule has 0 bridgehead atoms. The Morgan fingerprint density at radius 1 is 1.47 bits per heavy atom. The second kappa shape index (κ2) is 5.85. The van der Waals surface area contributed by atoms with Gasteiger partial charge in [-0.2, -0.15) is 0 Å². The molecule has 0 radical (unpaired) electrons. The van der Waals surface area contributed by atoms with Crippen molar-refractivity contribution < 1.29 is 4.79 Å². The van der Waals surface area contributed by atoms with Gasteiger partial charge in [0.15, 0.2) is 0 Å². The number of pyridine rings is 1. The highest BCUT2D eigenvalue weighted by Gasteiger charge is 1.95. The van der Waals surface area contributed by atoms with Crippen LogP contribution in [0.4, 0.5) is 11.5 Å². The summed E-state index contributed by atoms with van der Waals surface area (Å²) >= 11 is 0. The number of carbonyl (C=O) groups excluding carboxylic acids is 1. The summed E-state index contributed by atoms with van der Waals surface area (Å²) in [4.78, 5) is 14.8. The van der Waals surface area contributed by atoms with Crippen molar-refractivity contribution in [3.8, 4) is 0 Å². The third kappa shape index (κ3) is 4.30. The van der Waals surface area contributed by atoms with Crippen LogP contribution in [0.1, 0.15) is 13.3 Å².